The molecule has 3 aromatic heterocycles. The number of hydrogen-bond donors (Lipinski definition) is 1. The highest BCUT2D eigenvalue weighted by atomic mass is 16.5. The van der Waals surface area contributed by atoms with Crippen LogP contribution in [0.25, 0.3) is 22.2 Å². The molecule has 4 heterocycles. The molecule has 1 amide bonds. The number of aromatic nitrogens is 3. The number of methoxy groups -OCH3 is 1. The molecule has 0 spiro atoms. The zero-order chi connectivity index (χ0) is 32.0. The first-order valence-corrected chi connectivity index (χ1v) is 12.6. The van der Waals surface area contributed by atoms with Gasteiger partial charge in [-0.25, -0.2) is 4.98 Å². The van der Waals surface area contributed by atoms with Gasteiger partial charge in [0.1, 0.15) is 11.5 Å². The number of aryl methyl sites for hydroxylation is 1. The van der Waals surface area contributed by atoms with Crippen molar-refractivity contribution >= 4 is 22.8 Å². The first-order chi connectivity index (χ1) is 20.7. The largest absolute Gasteiger partial charge is 0.480 e. The number of anilines is 1. The van der Waals surface area contributed by atoms with Gasteiger partial charge in [-0.1, -0.05) is 12.1 Å². The van der Waals surface area contributed by atoms with Crippen LogP contribution < -0.4 is 10.5 Å². The Labute approximate surface area is 232 Å². The molecule has 1 saturated heterocycles. The van der Waals surface area contributed by atoms with E-state index in [-0.39, 0.29) is 22.4 Å². The molecule has 8 heteroatoms. The molecule has 0 saturated carbocycles. The number of piperidine rings is 1. The number of carbonyl (C=O) groups excluding carboxylic acids is 1. The fraction of sp³-hybridized carbons (Fsp3) is 0.367. The SMILES string of the molecule is [2H]C([2H])([2H])N(C(=O)c1ccc(C2CCN([C@@H](C)c3cc4c(-c5ccc(N)nc5OC)ccnc4n3C)CC2)cc1)C([2H])([2H])[2H]. The number of amides is 1. The van der Waals surface area contributed by atoms with Crippen LogP contribution in [0.4, 0.5) is 5.82 Å². The molecule has 1 aliphatic rings. The Morgan fingerprint density at radius 2 is 1.87 bits per heavy atom. The number of likely N-dealkylation sites (tertiary alicyclic amines) is 1. The fourth-order valence-corrected chi connectivity index (χ4v) is 5.52. The van der Waals surface area contributed by atoms with Gasteiger partial charge < -0.3 is 19.9 Å². The van der Waals surface area contributed by atoms with Crippen molar-refractivity contribution in [2.24, 2.45) is 7.05 Å². The average molecular weight is 519 g/mol. The third-order valence-corrected chi connectivity index (χ3v) is 7.67. The Bertz CT molecular complexity index is 1650. The lowest BCUT2D eigenvalue weighted by molar-refractivity contribution is 0.0827. The number of nitrogen functional groups attached to an aromatic ring is 1. The fourth-order valence-electron chi connectivity index (χ4n) is 5.52. The molecular weight excluding hydrogens is 476 g/mol. The van der Waals surface area contributed by atoms with Gasteiger partial charge in [-0.05, 0) is 86.3 Å². The molecular formula is C30H36N6O2. The zero-order valence-electron chi connectivity index (χ0n) is 27.8. The molecule has 0 unspecified atom stereocenters. The molecule has 8 nitrogen and oxygen atoms in total. The smallest absolute Gasteiger partial charge is 0.253 e. The zero-order valence-corrected chi connectivity index (χ0v) is 21.8. The number of rotatable bonds is 6. The van der Waals surface area contributed by atoms with Crippen molar-refractivity contribution in [2.45, 2.75) is 31.7 Å². The van der Waals surface area contributed by atoms with Crippen molar-refractivity contribution in [1.29, 1.82) is 0 Å². The van der Waals surface area contributed by atoms with Gasteiger partial charge >= 0.3 is 0 Å². The second-order valence-electron chi connectivity index (χ2n) is 9.77. The topological polar surface area (TPSA) is 89.5 Å². The highest BCUT2D eigenvalue weighted by Crippen LogP contribution is 2.38. The summed E-state index contributed by atoms with van der Waals surface area (Å²) in [5, 5.41) is 1.00. The van der Waals surface area contributed by atoms with E-state index in [2.05, 4.69) is 32.4 Å². The highest BCUT2D eigenvalue weighted by molar-refractivity contribution is 5.95. The van der Waals surface area contributed by atoms with E-state index in [0.29, 0.717) is 11.7 Å². The first-order valence-electron chi connectivity index (χ1n) is 15.6. The van der Waals surface area contributed by atoms with Crippen molar-refractivity contribution in [3.05, 3.63) is 71.5 Å². The summed E-state index contributed by atoms with van der Waals surface area (Å²) in [5.74, 6) is 0.0658. The predicted octanol–water partition coefficient (Wildman–Crippen LogP) is 4.87. The lowest BCUT2D eigenvalue weighted by Gasteiger charge is -2.36. The molecule has 1 aliphatic heterocycles. The molecule has 1 fully saturated rings. The molecule has 2 N–H and O–H groups in total. The van der Waals surface area contributed by atoms with Crippen LogP contribution in [0.15, 0.2) is 54.7 Å². The van der Waals surface area contributed by atoms with Crippen LogP contribution >= 0.6 is 0 Å². The summed E-state index contributed by atoms with van der Waals surface area (Å²) in [6, 6.07) is 14.6. The van der Waals surface area contributed by atoms with Gasteiger partial charge in [0.15, 0.2) is 0 Å². The van der Waals surface area contributed by atoms with Gasteiger partial charge in [-0.2, -0.15) is 4.98 Å². The van der Waals surface area contributed by atoms with Crippen LogP contribution in [0.2, 0.25) is 0 Å². The van der Waals surface area contributed by atoms with Gasteiger partial charge in [-0.3, -0.25) is 9.69 Å². The van der Waals surface area contributed by atoms with E-state index in [9.17, 15) is 4.79 Å². The Morgan fingerprint density at radius 1 is 1.13 bits per heavy atom. The molecule has 4 aromatic rings. The number of ether oxygens (including phenoxy) is 1. The van der Waals surface area contributed by atoms with E-state index >= 15 is 0 Å². The summed E-state index contributed by atoms with van der Waals surface area (Å²) in [4.78, 5) is 24.2. The van der Waals surface area contributed by atoms with Crippen molar-refractivity contribution in [2.75, 3.05) is 39.9 Å². The van der Waals surface area contributed by atoms with E-state index < -0.39 is 19.9 Å². The Balaban J connectivity index is 1.31. The quantitative estimate of drug-likeness (QED) is 0.392. The summed E-state index contributed by atoms with van der Waals surface area (Å²) in [6.07, 6.45) is 3.59. The number of benzene rings is 1. The van der Waals surface area contributed by atoms with Gasteiger partial charge in [0.2, 0.25) is 5.88 Å². The van der Waals surface area contributed by atoms with Gasteiger partial charge in [0.25, 0.3) is 5.91 Å². The number of carbonyl (C=O) groups is 1. The van der Waals surface area contributed by atoms with Crippen LogP contribution in [0.1, 0.15) is 61.6 Å². The summed E-state index contributed by atoms with van der Waals surface area (Å²) in [6.45, 7) is -2.24. The minimum absolute atomic E-state index is 0.0104. The maximum absolute atomic E-state index is 12.8. The van der Waals surface area contributed by atoms with E-state index in [1.54, 1.807) is 31.5 Å². The summed E-state index contributed by atoms with van der Waals surface area (Å²) < 4.78 is 52.8. The van der Waals surface area contributed by atoms with Crippen LogP contribution in [0.3, 0.4) is 0 Å². The molecule has 5 rings (SSSR count). The Hall–Kier alpha value is -3.91. The van der Waals surface area contributed by atoms with E-state index in [4.69, 9.17) is 18.7 Å². The number of fused-ring (bicyclic) bond motifs is 1. The molecule has 1 aromatic carbocycles. The summed E-state index contributed by atoms with van der Waals surface area (Å²) >= 11 is 0. The number of hydrogen-bond acceptors (Lipinski definition) is 6. The first kappa shape index (κ1) is 19.2. The number of nitrogens with zero attached hydrogens (tertiary/aromatic N) is 5. The number of nitrogens with two attached hydrogens (primary N) is 1. The molecule has 1 atom stereocenters. The van der Waals surface area contributed by atoms with Crippen molar-refractivity contribution in [3.63, 3.8) is 0 Å². The van der Waals surface area contributed by atoms with E-state index in [1.807, 2.05) is 19.2 Å². The molecule has 0 bridgehead atoms. The predicted molar refractivity (Wildman–Crippen MR) is 151 cm³/mol. The normalized spacial score (nSPS) is 18.5. The van der Waals surface area contributed by atoms with Crippen molar-refractivity contribution in [1.82, 2.24) is 24.3 Å². The van der Waals surface area contributed by atoms with Gasteiger partial charge in [0.05, 0.1) is 7.11 Å². The molecule has 0 aliphatic carbocycles. The minimum Gasteiger partial charge on any atom is -0.480 e. The summed E-state index contributed by atoms with van der Waals surface area (Å²) in [7, 11) is 3.60. The lowest BCUT2D eigenvalue weighted by atomic mass is 9.88. The molecule has 198 valence electrons. The van der Waals surface area contributed by atoms with Crippen LogP contribution in [0.5, 0.6) is 5.88 Å². The Kier molecular flexibility index (Phi) is 5.28. The van der Waals surface area contributed by atoms with E-state index in [0.717, 1.165) is 59.3 Å². The van der Waals surface area contributed by atoms with Crippen LogP contribution in [-0.2, 0) is 7.05 Å². The summed E-state index contributed by atoms with van der Waals surface area (Å²) in [5.41, 5.74) is 10.8. The lowest BCUT2D eigenvalue weighted by Crippen LogP contribution is -2.35. The third-order valence-electron chi connectivity index (χ3n) is 7.67. The number of pyridine rings is 2. The second kappa shape index (κ2) is 10.5. The monoisotopic (exact) mass is 518 g/mol. The van der Waals surface area contributed by atoms with Crippen molar-refractivity contribution in [3.8, 4) is 17.0 Å². The molecule has 38 heavy (non-hydrogen) atoms. The van der Waals surface area contributed by atoms with E-state index in [1.165, 1.54) is 12.1 Å². The maximum atomic E-state index is 12.8. The molecule has 0 radical (unpaired) electrons. The highest BCUT2D eigenvalue weighted by Gasteiger charge is 2.27. The van der Waals surface area contributed by atoms with Gasteiger partial charge in [-0.15, -0.1) is 0 Å². The maximum Gasteiger partial charge on any atom is 0.253 e. The van der Waals surface area contributed by atoms with Crippen LogP contribution in [0, 0.1) is 0 Å². The van der Waals surface area contributed by atoms with Gasteiger partial charge in [0, 0.05) is 63.7 Å². The average Bonchev–Trinajstić information content (AvgIpc) is 3.32. The second-order valence-corrected chi connectivity index (χ2v) is 9.77. The standard InChI is InChI=1S/C30H36N6O2/c1-19(36-16-13-21(14-17-36)20-6-8-22(9-7-20)30(37)34(2)3)26-18-25-23(12-15-32-28(25)35(26)4)24-10-11-27(31)33-29(24)38-5/h6-12,15,18-19,21H,13-14,16-17H2,1-5H3,(H2,31,33)/t19-/m0/s1/i2D3,3D3. The van der Waals surface area contributed by atoms with Crippen molar-refractivity contribution < 1.29 is 17.8 Å². The third kappa shape index (κ3) is 4.72. The van der Waals surface area contributed by atoms with Crippen LogP contribution in [-0.4, -0.2) is 64.4 Å². The Morgan fingerprint density at radius 3 is 2.55 bits per heavy atom. The minimum atomic E-state index is -3.08.